The number of H-pyrrole nitrogens is 1. The Bertz CT molecular complexity index is 1140. The van der Waals surface area contributed by atoms with Crippen LogP contribution in [0.2, 0.25) is 5.15 Å². The van der Waals surface area contributed by atoms with Crippen LogP contribution in [0, 0.1) is 5.92 Å². The van der Waals surface area contributed by atoms with E-state index in [4.69, 9.17) is 11.6 Å². The summed E-state index contributed by atoms with van der Waals surface area (Å²) in [5, 5.41) is 19.0. The molecule has 5 rings (SSSR count). The number of carbonyl (C=O) groups excluding carboxylic acids is 1. The number of piperidine rings is 1. The first-order valence-corrected chi connectivity index (χ1v) is 10.8. The van der Waals surface area contributed by atoms with Crippen molar-refractivity contribution in [3.63, 3.8) is 0 Å². The first-order valence-electron chi connectivity index (χ1n) is 10.4. The Kier molecular flexibility index (Phi) is 5.01. The van der Waals surface area contributed by atoms with Gasteiger partial charge in [-0.3, -0.25) is 14.6 Å². The molecule has 0 unspecified atom stereocenters. The molecule has 162 valence electrons. The third-order valence-corrected chi connectivity index (χ3v) is 6.19. The zero-order valence-corrected chi connectivity index (χ0v) is 17.9. The van der Waals surface area contributed by atoms with Gasteiger partial charge in [0.1, 0.15) is 11.2 Å². The number of hydrogen-bond donors (Lipinski definition) is 3. The van der Waals surface area contributed by atoms with Crippen LogP contribution in [0.5, 0.6) is 0 Å². The minimum Gasteiger partial charge on any atom is -0.364 e. The van der Waals surface area contributed by atoms with Crippen molar-refractivity contribution in [3.8, 4) is 0 Å². The molecule has 1 saturated heterocycles. The third-order valence-electron chi connectivity index (χ3n) is 5.92. The number of fused-ring (bicyclic) bond motifs is 1. The van der Waals surface area contributed by atoms with Crippen LogP contribution in [0.3, 0.4) is 0 Å². The molecule has 1 aliphatic heterocycles. The summed E-state index contributed by atoms with van der Waals surface area (Å²) in [5.74, 6) is 1.26. The lowest BCUT2D eigenvalue weighted by molar-refractivity contribution is -0.127. The van der Waals surface area contributed by atoms with Gasteiger partial charge in [-0.15, -0.1) is 0 Å². The summed E-state index contributed by atoms with van der Waals surface area (Å²) in [5.41, 5.74) is 1.35. The Morgan fingerprint density at radius 1 is 1.35 bits per heavy atom. The fourth-order valence-corrected chi connectivity index (χ4v) is 4.11. The topological polar surface area (TPSA) is 117 Å². The average Bonchev–Trinajstić information content (AvgIpc) is 3.40. The molecule has 1 aliphatic carbocycles. The molecule has 0 spiro atoms. The normalized spacial score (nSPS) is 21.3. The largest absolute Gasteiger partial charge is 0.364 e. The van der Waals surface area contributed by atoms with Gasteiger partial charge in [0.25, 0.3) is 0 Å². The summed E-state index contributed by atoms with van der Waals surface area (Å²) in [6, 6.07) is 0.504. The molecule has 1 amide bonds. The van der Waals surface area contributed by atoms with E-state index >= 15 is 0 Å². The lowest BCUT2D eigenvalue weighted by Crippen LogP contribution is -2.48. The molecule has 10 nitrogen and oxygen atoms in total. The van der Waals surface area contributed by atoms with Crippen molar-refractivity contribution in [2.75, 3.05) is 23.7 Å². The molecule has 0 radical (unpaired) electrons. The molecule has 3 aromatic rings. The van der Waals surface area contributed by atoms with Gasteiger partial charge in [-0.1, -0.05) is 25.1 Å². The van der Waals surface area contributed by atoms with Crippen LogP contribution in [0.1, 0.15) is 32.2 Å². The van der Waals surface area contributed by atoms with Gasteiger partial charge in [-0.05, 0) is 31.3 Å². The van der Waals surface area contributed by atoms with E-state index in [1.165, 1.54) is 6.08 Å². The van der Waals surface area contributed by atoms with E-state index in [2.05, 4.69) is 49.4 Å². The van der Waals surface area contributed by atoms with Crippen molar-refractivity contribution in [1.82, 2.24) is 34.8 Å². The summed E-state index contributed by atoms with van der Waals surface area (Å²) in [7, 11) is 0. The summed E-state index contributed by atoms with van der Waals surface area (Å²) in [4.78, 5) is 23.1. The van der Waals surface area contributed by atoms with E-state index in [0.717, 1.165) is 24.9 Å². The second-order valence-corrected chi connectivity index (χ2v) is 8.56. The second kappa shape index (κ2) is 7.84. The lowest BCUT2D eigenvalue weighted by atomic mass is 9.93. The van der Waals surface area contributed by atoms with Crippen molar-refractivity contribution < 1.29 is 4.79 Å². The molecular formula is C20H24ClN9O. The summed E-state index contributed by atoms with van der Waals surface area (Å²) < 4.78 is 1.96. The fourth-order valence-electron chi connectivity index (χ4n) is 3.89. The lowest BCUT2D eigenvalue weighted by Gasteiger charge is -2.37. The number of nitrogens with zero attached hydrogens (tertiary/aromatic N) is 6. The quantitative estimate of drug-likeness (QED) is 0.503. The Hall–Kier alpha value is -3.14. The molecule has 31 heavy (non-hydrogen) atoms. The molecule has 4 heterocycles. The van der Waals surface area contributed by atoms with Crippen LogP contribution in [0.15, 0.2) is 25.0 Å². The molecule has 2 atom stereocenters. The Morgan fingerprint density at radius 2 is 2.19 bits per heavy atom. The molecule has 0 aromatic carbocycles. The van der Waals surface area contributed by atoms with Gasteiger partial charge in [0.2, 0.25) is 11.9 Å². The van der Waals surface area contributed by atoms with Crippen molar-refractivity contribution in [3.05, 3.63) is 30.2 Å². The highest BCUT2D eigenvalue weighted by atomic mass is 35.5. The predicted molar refractivity (Wildman–Crippen MR) is 118 cm³/mol. The number of nitrogens with one attached hydrogen (secondary N) is 3. The van der Waals surface area contributed by atoms with Gasteiger partial charge in [-0.25, -0.2) is 0 Å². The number of anilines is 3. The van der Waals surface area contributed by atoms with Gasteiger partial charge in [-0.2, -0.15) is 20.2 Å². The first kappa shape index (κ1) is 19.8. The highest BCUT2D eigenvalue weighted by Gasteiger charge is 2.29. The minimum absolute atomic E-state index is 0.00665. The molecule has 0 bridgehead atoms. The van der Waals surface area contributed by atoms with Gasteiger partial charge < -0.3 is 15.5 Å². The van der Waals surface area contributed by atoms with E-state index in [-0.39, 0.29) is 11.9 Å². The van der Waals surface area contributed by atoms with Gasteiger partial charge in [0.15, 0.2) is 10.8 Å². The van der Waals surface area contributed by atoms with Crippen LogP contribution in [-0.2, 0) is 4.79 Å². The monoisotopic (exact) mass is 441 g/mol. The number of halogens is 1. The second-order valence-electron chi connectivity index (χ2n) is 8.20. The first-order chi connectivity index (χ1) is 15.0. The van der Waals surface area contributed by atoms with Gasteiger partial charge in [0.05, 0.1) is 17.9 Å². The van der Waals surface area contributed by atoms with Gasteiger partial charge in [0, 0.05) is 25.3 Å². The van der Waals surface area contributed by atoms with Crippen molar-refractivity contribution in [2.45, 2.75) is 38.3 Å². The van der Waals surface area contributed by atoms with Crippen LogP contribution >= 0.6 is 11.6 Å². The van der Waals surface area contributed by atoms with Crippen LogP contribution < -0.4 is 10.6 Å². The number of aromatic nitrogens is 6. The van der Waals surface area contributed by atoms with Crippen molar-refractivity contribution in [2.24, 2.45) is 5.92 Å². The van der Waals surface area contributed by atoms with Crippen LogP contribution in [-0.4, -0.2) is 59.9 Å². The zero-order chi connectivity index (χ0) is 21.5. The number of rotatable bonds is 6. The Balaban J connectivity index is 1.43. The Labute approximate surface area is 184 Å². The molecular weight excluding hydrogens is 418 g/mol. The van der Waals surface area contributed by atoms with E-state index in [1.54, 1.807) is 11.1 Å². The molecule has 2 aliphatic rings. The maximum absolute atomic E-state index is 12.1. The number of likely N-dealkylation sites (tertiary alicyclic amines) is 1. The van der Waals surface area contributed by atoms with E-state index in [9.17, 15) is 4.79 Å². The molecule has 3 aromatic heterocycles. The number of hydrogen-bond acceptors (Lipinski definition) is 7. The summed E-state index contributed by atoms with van der Waals surface area (Å²) >= 11 is 6.32. The van der Waals surface area contributed by atoms with Crippen LogP contribution in [0.25, 0.3) is 11.0 Å². The number of aromatic amines is 1. The fraction of sp³-hybridized carbons (Fsp3) is 0.450. The van der Waals surface area contributed by atoms with E-state index < -0.39 is 0 Å². The van der Waals surface area contributed by atoms with Crippen molar-refractivity contribution in [1.29, 1.82) is 0 Å². The summed E-state index contributed by atoms with van der Waals surface area (Å²) in [6.07, 6.45) is 8.29. The Morgan fingerprint density at radius 3 is 2.97 bits per heavy atom. The average molecular weight is 442 g/mol. The van der Waals surface area contributed by atoms with Crippen LogP contribution in [0.4, 0.5) is 17.5 Å². The minimum atomic E-state index is -0.0668. The van der Waals surface area contributed by atoms with E-state index in [1.807, 2.05) is 10.9 Å². The predicted octanol–water partition coefficient (Wildman–Crippen LogP) is 3.12. The summed E-state index contributed by atoms with van der Waals surface area (Å²) in [6.45, 7) is 7.04. The highest BCUT2D eigenvalue weighted by molar-refractivity contribution is 6.35. The zero-order valence-electron chi connectivity index (χ0n) is 17.2. The third kappa shape index (κ3) is 3.95. The maximum atomic E-state index is 12.1. The maximum Gasteiger partial charge on any atom is 0.246 e. The standard InChI is InChI=1S/C20H24ClN9O/c1-3-15(31)29-7-6-11(2)14(10-29)24-18-16-17(21)27-28-19(16)26-20(25-18)23-12-8-22-30(9-12)13-4-5-13/h3,8-9,11,13-14H,1,4-7,10H2,2H3,(H3,23,24,25,26,27,28)/t11-,14+/m1/s1. The smallest absolute Gasteiger partial charge is 0.246 e. The highest BCUT2D eigenvalue weighted by Crippen LogP contribution is 2.35. The van der Waals surface area contributed by atoms with E-state index in [0.29, 0.717) is 53.0 Å². The molecule has 11 heteroatoms. The molecule has 1 saturated carbocycles. The van der Waals surface area contributed by atoms with Crippen molar-refractivity contribution >= 4 is 46.0 Å². The molecule has 3 N–H and O–H groups in total. The number of amides is 1. The SMILES string of the molecule is C=CC(=O)N1CC[C@@H](C)[C@@H](Nc2nc(Nc3cnn(C4CC4)c3)nc3[nH]nc(Cl)c23)C1. The molecule has 2 fully saturated rings. The van der Waals surface area contributed by atoms with Gasteiger partial charge >= 0.3 is 0 Å². The number of carbonyl (C=O) groups is 1.